The van der Waals surface area contributed by atoms with Crippen molar-refractivity contribution in [3.05, 3.63) is 70.3 Å². The van der Waals surface area contributed by atoms with Gasteiger partial charge in [-0.3, -0.25) is 0 Å². The van der Waals surface area contributed by atoms with Crippen LogP contribution in [0.1, 0.15) is 11.1 Å². The molecule has 1 heterocycles. The van der Waals surface area contributed by atoms with Crippen LogP contribution < -0.4 is 5.32 Å². The predicted molar refractivity (Wildman–Crippen MR) is 95.1 cm³/mol. The Morgan fingerprint density at radius 3 is 2.57 bits per heavy atom. The standard InChI is InChI=1S/C17H17BrN2.ClH/c18-15-7-5-13(6-8-15)11-19-10-9-14-12-20-17-4-2-1-3-16(14)17;/h1-8,12,19-20H,9-11H2;1H. The van der Waals surface area contributed by atoms with Crippen molar-refractivity contribution in [2.45, 2.75) is 13.0 Å². The number of aromatic amines is 1. The quantitative estimate of drug-likeness (QED) is 0.631. The van der Waals surface area contributed by atoms with E-state index in [9.17, 15) is 0 Å². The lowest BCUT2D eigenvalue weighted by atomic mass is 10.1. The Bertz CT molecular complexity index is 691. The second-order valence-electron chi connectivity index (χ2n) is 4.91. The van der Waals surface area contributed by atoms with E-state index in [1.54, 1.807) is 0 Å². The Kier molecular flexibility index (Phi) is 5.85. The molecule has 21 heavy (non-hydrogen) atoms. The average Bonchev–Trinajstić information content (AvgIpc) is 2.89. The third-order valence-corrected chi connectivity index (χ3v) is 4.02. The molecular weight excluding hydrogens is 348 g/mol. The molecule has 0 spiro atoms. The molecule has 3 aromatic rings. The lowest BCUT2D eigenvalue weighted by molar-refractivity contribution is 0.688. The summed E-state index contributed by atoms with van der Waals surface area (Å²) in [7, 11) is 0. The normalized spacial score (nSPS) is 10.5. The van der Waals surface area contributed by atoms with Crippen LogP contribution in [0.4, 0.5) is 0 Å². The van der Waals surface area contributed by atoms with Gasteiger partial charge in [-0.1, -0.05) is 46.3 Å². The molecule has 2 aromatic carbocycles. The van der Waals surface area contributed by atoms with Crippen LogP contribution in [0.2, 0.25) is 0 Å². The maximum absolute atomic E-state index is 3.49. The Balaban J connectivity index is 0.00000161. The van der Waals surface area contributed by atoms with Crippen molar-refractivity contribution >= 4 is 39.2 Å². The summed E-state index contributed by atoms with van der Waals surface area (Å²) in [4.78, 5) is 3.32. The van der Waals surface area contributed by atoms with Gasteiger partial charge in [0, 0.05) is 28.1 Å². The van der Waals surface area contributed by atoms with Crippen LogP contribution in [0.15, 0.2) is 59.2 Å². The number of fused-ring (bicyclic) bond motifs is 1. The fourth-order valence-corrected chi connectivity index (χ4v) is 2.66. The summed E-state index contributed by atoms with van der Waals surface area (Å²) in [6.45, 7) is 1.90. The zero-order chi connectivity index (χ0) is 13.8. The number of halogens is 2. The Labute approximate surface area is 139 Å². The minimum absolute atomic E-state index is 0. The molecule has 4 heteroatoms. The molecule has 0 saturated carbocycles. The summed E-state index contributed by atoms with van der Waals surface area (Å²) in [6.07, 6.45) is 3.16. The van der Waals surface area contributed by atoms with Crippen LogP contribution in [0.5, 0.6) is 0 Å². The summed E-state index contributed by atoms with van der Waals surface area (Å²) >= 11 is 3.45. The van der Waals surface area contributed by atoms with Crippen molar-refractivity contribution in [3.63, 3.8) is 0 Å². The van der Waals surface area contributed by atoms with Gasteiger partial charge < -0.3 is 10.3 Å². The van der Waals surface area contributed by atoms with Crippen LogP contribution in [0, 0.1) is 0 Å². The molecule has 0 fully saturated rings. The zero-order valence-corrected chi connectivity index (χ0v) is 14.0. The van der Waals surface area contributed by atoms with Gasteiger partial charge in [-0.25, -0.2) is 0 Å². The summed E-state index contributed by atoms with van der Waals surface area (Å²) in [5.74, 6) is 0. The highest BCUT2D eigenvalue weighted by molar-refractivity contribution is 9.10. The molecule has 0 radical (unpaired) electrons. The van der Waals surface area contributed by atoms with Gasteiger partial charge >= 0.3 is 0 Å². The molecule has 1 aromatic heterocycles. The van der Waals surface area contributed by atoms with Crippen molar-refractivity contribution in [1.82, 2.24) is 10.3 Å². The van der Waals surface area contributed by atoms with E-state index in [-0.39, 0.29) is 12.4 Å². The fourth-order valence-electron chi connectivity index (χ4n) is 2.40. The van der Waals surface area contributed by atoms with Crippen LogP contribution in [0.25, 0.3) is 10.9 Å². The van der Waals surface area contributed by atoms with Gasteiger partial charge in [0.05, 0.1) is 0 Å². The minimum Gasteiger partial charge on any atom is -0.361 e. The minimum atomic E-state index is 0. The molecule has 0 aliphatic carbocycles. The van der Waals surface area contributed by atoms with Crippen molar-refractivity contribution < 1.29 is 0 Å². The lowest BCUT2D eigenvalue weighted by Crippen LogP contribution is -2.16. The Morgan fingerprint density at radius 1 is 1.00 bits per heavy atom. The van der Waals surface area contributed by atoms with Crippen LogP contribution in [0.3, 0.4) is 0 Å². The number of benzene rings is 2. The maximum Gasteiger partial charge on any atom is 0.0456 e. The van der Waals surface area contributed by atoms with E-state index in [0.29, 0.717) is 0 Å². The summed E-state index contributed by atoms with van der Waals surface area (Å²) in [6, 6.07) is 16.9. The van der Waals surface area contributed by atoms with Crippen molar-refractivity contribution in [2.75, 3.05) is 6.54 Å². The van der Waals surface area contributed by atoms with E-state index in [4.69, 9.17) is 0 Å². The second kappa shape index (κ2) is 7.64. The highest BCUT2D eigenvalue weighted by Gasteiger charge is 2.02. The molecule has 0 aliphatic rings. The third kappa shape index (κ3) is 4.10. The highest BCUT2D eigenvalue weighted by Crippen LogP contribution is 2.17. The summed E-state index contributed by atoms with van der Waals surface area (Å²) < 4.78 is 1.13. The summed E-state index contributed by atoms with van der Waals surface area (Å²) in [5, 5.41) is 4.83. The molecule has 0 bridgehead atoms. The first-order valence-corrected chi connectivity index (χ1v) is 7.62. The largest absolute Gasteiger partial charge is 0.361 e. The second-order valence-corrected chi connectivity index (χ2v) is 5.83. The number of hydrogen-bond acceptors (Lipinski definition) is 1. The first-order chi connectivity index (χ1) is 9.83. The van der Waals surface area contributed by atoms with E-state index >= 15 is 0 Å². The van der Waals surface area contributed by atoms with E-state index in [2.05, 4.69) is 81.0 Å². The number of H-pyrrole nitrogens is 1. The van der Waals surface area contributed by atoms with Gasteiger partial charge in [0.1, 0.15) is 0 Å². The number of rotatable bonds is 5. The van der Waals surface area contributed by atoms with Gasteiger partial charge in [0.25, 0.3) is 0 Å². The van der Waals surface area contributed by atoms with E-state index < -0.39 is 0 Å². The summed E-state index contributed by atoms with van der Waals surface area (Å²) in [5.41, 5.74) is 3.91. The molecule has 2 N–H and O–H groups in total. The van der Waals surface area contributed by atoms with Crippen LogP contribution in [-0.4, -0.2) is 11.5 Å². The maximum atomic E-state index is 3.49. The van der Waals surface area contributed by atoms with E-state index in [0.717, 1.165) is 24.0 Å². The Hall–Kier alpha value is -1.29. The first-order valence-electron chi connectivity index (χ1n) is 6.83. The van der Waals surface area contributed by atoms with E-state index in [1.807, 2.05) is 0 Å². The highest BCUT2D eigenvalue weighted by atomic mass is 79.9. The van der Waals surface area contributed by atoms with Crippen molar-refractivity contribution in [2.24, 2.45) is 0 Å². The smallest absolute Gasteiger partial charge is 0.0456 e. The SMILES string of the molecule is Brc1ccc(CNCCc2c[nH]c3ccccc23)cc1.Cl. The van der Waals surface area contributed by atoms with Crippen molar-refractivity contribution in [1.29, 1.82) is 0 Å². The van der Waals surface area contributed by atoms with Gasteiger partial charge in [0.2, 0.25) is 0 Å². The fraction of sp³-hybridized carbons (Fsp3) is 0.176. The molecule has 0 aliphatic heterocycles. The first kappa shape index (κ1) is 16.1. The molecule has 0 amide bonds. The molecular formula is C17H18BrClN2. The number of aromatic nitrogens is 1. The number of para-hydroxylation sites is 1. The molecule has 0 unspecified atom stereocenters. The molecule has 110 valence electrons. The van der Waals surface area contributed by atoms with E-state index in [1.165, 1.54) is 22.0 Å². The average molecular weight is 366 g/mol. The number of nitrogens with one attached hydrogen (secondary N) is 2. The third-order valence-electron chi connectivity index (χ3n) is 3.49. The molecule has 0 atom stereocenters. The lowest BCUT2D eigenvalue weighted by Gasteiger charge is -2.05. The van der Waals surface area contributed by atoms with Gasteiger partial charge in [-0.05, 0) is 42.3 Å². The number of hydrogen-bond donors (Lipinski definition) is 2. The Morgan fingerprint density at radius 2 is 1.76 bits per heavy atom. The van der Waals surface area contributed by atoms with Gasteiger partial charge in [-0.15, -0.1) is 12.4 Å². The molecule has 3 rings (SSSR count). The topological polar surface area (TPSA) is 27.8 Å². The van der Waals surface area contributed by atoms with Crippen molar-refractivity contribution in [3.8, 4) is 0 Å². The molecule has 2 nitrogen and oxygen atoms in total. The monoisotopic (exact) mass is 364 g/mol. The van der Waals surface area contributed by atoms with Crippen LogP contribution in [-0.2, 0) is 13.0 Å². The van der Waals surface area contributed by atoms with Gasteiger partial charge in [-0.2, -0.15) is 0 Å². The van der Waals surface area contributed by atoms with Gasteiger partial charge in [0.15, 0.2) is 0 Å². The predicted octanol–water partition coefficient (Wildman–Crippen LogP) is 4.68. The zero-order valence-electron chi connectivity index (χ0n) is 11.6. The molecule has 0 saturated heterocycles. The van der Waals surface area contributed by atoms with Crippen LogP contribution >= 0.6 is 28.3 Å².